The minimum Gasteiger partial charge on any atom is -0.373 e. The molecule has 2 rings (SSSR count). The summed E-state index contributed by atoms with van der Waals surface area (Å²) in [4.78, 5) is 17.5. The third-order valence-corrected chi connectivity index (χ3v) is 3.68. The molecule has 0 bridgehead atoms. The van der Waals surface area contributed by atoms with Gasteiger partial charge in [0.15, 0.2) is 0 Å². The molecule has 1 amide bonds. The Morgan fingerprint density at radius 1 is 1.53 bits per heavy atom. The van der Waals surface area contributed by atoms with E-state index in [1.807, 2.05) is 13.2 Å². The fraction of sp³-hybridized carbons (Fsp3) is 0.571. The van der Waals surface area contributed by atoms with E-state index in [-0.39, 0.29) is 5.91 Å². The number of nitrogens with zero attached hydrogens (tertiary/aromatic N) is 2. The quantitative estimate of drug-likeness (QED) is 0.836. The smallest absolute Gasteiger partial charge is 0.217 e. The second kappa shape index (κ2) is 6.52. The van der Waals surface area contributed by atoms with Crippen LogP contribution < -0.4 is 11.1 Å². The van der Waals surface area contributed by atoms with Crippen LogP contribution >= 0.6 is 0 Å². The number of nitrogens with one attached hydrogen (secondary N) is 1. The lowest BCUT2D eigenvalue weighted by Gasteiger charge is -2.31. The van der Waals surface area contributed by atoms with Gasteiger partial charge in [-0.3, -0.25) is 9.69 Å². The summed E-state index contributed by atoms with van der Waals surface area (Å²) in [5.74, 6) is 1.20. The predicted octanol–water partition coefficient (Wildman–Crippen LogP) is 1.21. The highest BCUT2D eigenvalue weighted by molar-refractivity contribution is 5.73. The molecule has 19 heavy (non-hydrogen) atoms. The van der Waals surface area contributed by atoms with E-state index in [1.54, 1.807) is 0 Å². The fourth-order valence-corrected chi connectivity index (χ4v) is 2.60. The lowest BCUT2D eigenvalue weighted by molar-refractivity contribution is -0.119. The van der Waals surface area contributed by atoms with Crippen LogP contribution in [0.4, 0.5) is 5.82 Å². The Kier molecular flexibility index (Phi) is 4.74. The van der Waals surface area contributed by atoms with Gasteiger partial charge < -0.3 is 11.1 Å². The van der Waals surface area contributed by atoms with E-state index in [9.17, 15) is 4.79 Å². The van der Waals surface area contributed by atoms with Gasteiger partial charge in [0.1, 0.15) is 5.82 Å². The van der Waals surface area contributed by atoms with Crippen LogP contribution in [0.25, 0.3) is 0 Å². The molecule has 1 aliphatic heterocycles. The summed E-state index contributed by atoms with van der Waals surface area (Å²) in [6.45, 7) is 3.02. The van der Waals surface area contributed by atoms with Gasteiger partial charge >= 0.3 is 0 Å². The number of likely N-dealkylation sites (tertiary alicyclic amines) is 1. The third kappa shape index (κ3) is 4.21. The molecule has 0 aromatic carbocycles. The predicted molar refractivity (Wildman–Crippen MR) is 75.6 cm³/mol. The molecule has 5 nitrogen and oxygen atoms in total. The number of hydrogen-bond acceptors (Lipinski definition) is 4. The molecule has 0 unspecified atom stereocenters. The van der Waals surface area contributed by atoms with E-state index >= 15 is 0 Å². The molecule has 1 aromatic rings. The molecule has 0 saturated carbocycles. The first-order valence-corrected chi connectivity index (χ1v) is 6.80. The SMILES string of the molecule is CNc1cc(CN2CCC(CC(N)=O)CC2)ccn1. The van der Waals surface area contributed by atoms with Crippen LogP contribution in [0.15, 0.2) is 18.3 Å². The molecule has 0 aliphatic carbocycles. The van der Waals surface area contributed by atoms with Crippen molar-refractivity contribution in [2.45, 2.75) is 25.8 Å². The zero-order valence-electron chi connectivity index (χ0n) is 11.4. The number of pyridine rings is 1. The lowest BCUT2D eigenvalue weighted by atomic mass is 9.93. The first-order chi connectivity index (χ1) is 9.17. The summed E-state index contributed by atoms with van der Waals surface area (Å²) in [5.41, 5.74) is 6.52. The van der Waals surface area contributed by atoms with Crippen molar-refractivity contribution >= 4 is 11.7 Å². The van der Waals surface area contributed by atoms with Gasteiger partial charge in [0, 0.05) is 26.2 Å². The van der Waals surface area contributed by atoms with Crippen LogP contribution in [0.2, 0.25) is 0 Å². The molecule has 1 aromatic heterocycles. The van der Waals surface area contributed by atoms with E-state index in [0.29, 0.717) is 12.3 Å². The zero-order chi connectivity index (χ0) is 13.7. The maximum atomic E-state index is 10.9. The second-order valence-electron chi connectivity index (χ2n) is 5.19. The molecule has 2 heterocycles. The van der Waals surface area contributed by atoms with Crippen LogP contribution in [0.1, 0.15) is 24.8 Å². The fourth-order valence-electron chi connectivity index (χ4n) is 2.60. The number of aromatic nitrogens is 1. The van der Waals surface area contributed by atoms with Crippen LogP contribution in [0, 0.1) is 5.92 Å². The average Bonchev–Trinajstić information content (AvgIpc) is 2.41. The van der Waals surface area contributed by atoms with E-state index < -0.39 is 0 Å². The molecule has 104 valence electrons. The Labute approximate surface area is 114 Å². The van der Waals surface area contributed by atoms with Crippen LogP contribution in [0.5, 0.6) is 0 Å². The highest BCUT2D eigenvalue weighted by atomic mass is 16.1. The van der Waals surface area contributed by atoms with Gasteiger partial charge in [-0.05, 0) is 49.5 Å². The zero-order valence-corrected chi connectivity index (χ0v) is 11.4. The number of amides is 1. The summed E-state index contributed by atoms with van der Waals surface area (Å²) < 4.78 is 0. The maximum Gasteiger partial charge on any atom is 0.217 e. The Bertz CT molecular complexity index is 427. The molecule has 0 spiro atoms. The summed E-state index contributed by atoms with van der Waals surface area (Å²) >= 11 is 0. The summed E-state index contributed by atoms with van der Waals surface area (Å²) in [6, 6.07) is 4.13. The molecular formula is C14H22N4O. The highest BCUT2D eigenvalue weighted by Gasteiger charge is 2.20. The van der Waals surface area contributed by atoms with Crippen molar-refractivity contribution in [1.29, 1.82) is 0 Å². The Morgan fingerprint density at radius 3 is 2.89 bits per heavy atom. The van der Waals surface area contributed by atoms with Gasteiger partial charge in [0.2, 0.25) is 5.91 Å². The van der Waals surface area contributed by atoms with E-state index in [0.717, 1.165) is 38.3 Å². The second-order valence-corrected chi connectivity index (χ2v) is 5.19. The van der Waals surface area contributed by atoms with Crippen LogP contribution in [-0.4, -0.2) is 35.9 Å². The first kappa shape index (κ1) is 13.8. The van der Waals surface area contributed by atoms with Crippen molar-refractivity contribution < 1.29 is 4.79 Å². The van der Waals surface area contributed by atoms with Gasteiger partial charge in [-0.25, -0.2) is 4.98 Å². The third-order valence-electron chi connectivity index (χ3n) is 3.68. The van der Waals surface area contributed by atoms with Crippen molar-refractivity contribution in [3.8, 4) is 0 Å². The normalized spacial score (nSPS) is 17.3. The molecule has 1 fully saturated rings. The van der Waals surface area contributed by atoms with Crippen LogP contribution in [-0.2, 0) is 11.3 Å². The largest absolute Gasteiger partial charge is 0.373 e. The van der Waals surface area contributed by atoms with E-state index in [2.05, 4.69) is 27.3 Å². The highest BCUT2D eigenvalue weighted by Crippen LogP contribution is 2.21. The number of primary amides is 1. The molecule has 1 aliphatic rings. The Hall–Kier alpha value is -1.62. The number of piperidine rings is 1. The molecule has 1 saturated heterocycles. The van der Waals surface area contributed by atoms with Crippen molar-refractivity contribution in [3.05, 3.63) is 23.9 Å². The topological polar surface area (TPSA) is 71.2 Å². The first-order valence-electron chi connectivity index (χ1n) is 6.80. The van der Waals surface area contributed by atoms with Crippen molar-refractivity contribution in [2.75, 3.05) is 25.5 Å². The average molecular weight is 262 g/mol. The lowest BCUT2D eigenvalue weighted by Crippen LogP contribution is -2.34. The number of rotatable bonds is 5. The molecule has 0 radical (unpaired) electrons. The number of nitrogens with two attached hydrogens (primary N) is 1. The standard InChI is InChI=1S/C14H22N4O/c1-16-14-9-12(2-5-17-14)10-18-6-3-11(4-7-18)8-13(15)19/h2,5,9,11H,3-4,6-8,10H2,1H3,(H2,15,19)(H,16,17). The number of carbonyl (C=O) groups excluding carboxylic acids is 1. The van der Waals surface area contributed by atoms with Crippen molar-refractivity contribution in [3.63, 3.8) is 0 Å². The summed E-state index contributed by atoms with van der Waals surface area (Å²) in [5, 5.41) is 3.05. The molecule has 5 heteroatoms. The minimum absolute atomic E-state index is 0.175. The van der Waals surface area contributed by atoms with Gasteiger partial charge in [-0.2, -0.15) is 0 Å². The van der Waals surface area contributed by atoms with Gasteiger partial charge in [-0.15, -0.1) is 0 Å². The number of carbonyl (C=O) groups is 1. The molecule has 0 atom stereocenters. The number of anilines is 1. The Morgan fingerprint density at radius 2 is 2.26 bits per heavy atom. The molecular weight excluding hydrogens is 240 g/mol. The van der Waals surface area contributed by atoms with Crippen LogP contribution in [0.3, 0.4) is 0 Å². The maximum absolute atomic E-state index is 10.9. The van der Waals surface area contributed by atoms with Crippen molar-refractivity contribution in [1.82, 2.24) is 9.88 Å². The Balaban J connectivity index is 1.83. The van der Waals surface area contributed by atoms with Gasteiger partial charge in [-0.1, -0.05) is 0 Å². The molecule has 3 N–H and O–H groups in total. The van der Waals surface area contributed by atoms with Crippen molar-refractivity contribution in [2.24, 2.45) is 11.7 Å². The summed E-state index contributed by atoms with van der Waals surface area (Å²) in [7, 11) is 1.88. The van der Waals surface area contributed by atoms with Gasteiger partial charge in [0.25, 0.3) is 0 Å². The minimum atomic E-state index is -0.175. The van der Waals surface area contributed by atoms with Gasteiger partial charge in [0.05, 0.1) is 0 Å². The summed E-state index contributed by atoms with van der Waals surface area (Å²) in [6.07, 6.45) is 4.49. The number of hydrogen-bond donors (Lipinski definition) is 2. The van der Waals surface area contributed by atoms with E-state index in [4.69, 9.17) is 5.73 Å². The monoisotopic (exact) mass is 262 g/mol. The van der Waals surface area contributed by atoms with E-state index in [1.165, 1.54) is 5.56 Å².